The molecule has 0 spiro atoms. The normalized spacial score (nSPS) is 16.5. The SMILES string of the molecule is O=C(OO)c1cccc(Cl)c1.O=S(=O)(Cc1ccccc1)c1cccc2c1ccn2-c1ccnc(NC2CCC(O)CC2)n1. The van der Waals surface area contributed by atoms with Crippen molar-refractivity contribution in [2.75, 3.05) is 5.32 Å². The standard InChI is InChI=1S/C25H26N4O3S.C7H5ClO3/c30-20-11-9-19(10-12-20)27-25-26-15-13-24(28-25)29-16-14-21-22(29)7-4-8-23(21)33(31,32)17-18-5-2-1-3-6-18;8-6-3-1-2-5(4-6)7(9)11-10/h1-8,13-16,19-20,30H,9-12,17H2,(H,26,27,28);1-4,10H. The predicted octanol–water partition coefficient (Wildman–Crippen LogP) is 6.08. The van der Waals surface area contributed by atoms with E-state index in [0.29, 0.717) is 27.1 Å². The number of hydrogen-bond donors (Lipinski definition) is 3. The van der Waals surface area contributed by atoms with Crippen LogP contribution in [-0.4, -0.2) is 51.4 Å². The number of benzene rings is 3. The Kier molecular flexibility index (Phi) is 9.91. The van der Waals surface area contributed by atoms with E-state index < -0.39 is 15.8 Å². The van der Waals surface area contributed by atoms with Gasteiger partial charge in [0.2, 0.25) is 5.95 Å². The minimum atomic E-state index is -3.52. The van der Waals surface area contributed by atoms with Crippen LogP contribution >= 0.6 is 11.6 Å². The summed E-state index contributed by atoms with van der Waals surface area (Å²) in [4.78, 5) is 23.5. The van der Waals surface area contributed by atoms with Crippen molar-refractivity contribution >= 4 is 44.3 Å². The number of rotatable bonds is 7. The molecular weight excluding hydrogens is 604 g/mol. The zero-order valence-electron chi connectivity index (χ0n) is 23.6. The van der Waals surface area contributed by atoms with E-state index in [-0.39, 0.29) is 23.5 Å². The lowest BCUT2D eigenvalue weighted by atomic mass is 9.93. The first kappa shape index (κ1) is 31.1. The summed E-state index contributed by atoms with van der Waals surface area (Å²) in [5.41, 5.74) is 1.75. The van der Waals surface area contributed by atoms with Gasteiger partial charge < -0.3 is 15.0 Å². The number of anilines is 1. The third-order valence-corrected chi connectivity index (χ3v) is 9.26. The van der Waals surface area contributed by atoms with Crippen LogP contribution in [0.5, 0.6) is 0 Å². The third kappa shape index (κ3) is 7.61. The summed E-state index contributed by atoms with van der Waals surface area (Å²) >= 11 is 5.56. The summed E-state index contributed by atoms with van der Waals surface area (Å²) in [7, 11) is -3.52. The Balaban J connectivity index is 0.000000296. The van der Waals surface area contributed by atoms with Crippen LogP contribution in [0.1, 0.15) is 41.6 Å². The Morgan fingerprint density at radius 1 is 0.977 bits per heavy atom. The van der Waals surface area contributed by atoms with Crippen molar-refractivity contribution in [1.29, 1.82) is 0 Å². The number of carbonyl (C=O) groups is 1. The van der Waals surface area contributed by atoms with E-state index in [2.05, 4.69) is 20.2 Å². The second-order valence-electron chi connectivity index (χ2n) is 10.4. The van der Waals surface area contributed by atoms with Crippen molar-refractivity contribution in [3.05, 3.63) is 113 Å². The lowest BCUT2D eigenvalue weighted by Gasteiger charge is -2.26. The van der Waals surface area contributed by atoms with Crippen LogP contribution in [0.15, 0.2) is 102 Å². The largest absolute Gasteiger partial charge is 0.393 e. The molecule has 0 aliphatic heterocycles. The highest BCUT2D eigenvalue weighted by molar-refractivity contribution is 7.90. The van der Waals surface area contributed by atoms with Gasteiger partial charge in [0.15, 0.2) is 9.84 Å². The average molecular weight is 635 g/mol. The number of fused-ring (bicyclic) bond motifs is 1. The highest BCUT2D eigenvalue weighted by Crippen LogP contribution is 2.29. The van der Waals surface area contributed by atoms with Gasteiger partial charge in [0, 0.05) is 28.8 Å². The molecular formula is C32H31ClN4O6S. The molecule has 1 fully saturated rings. The number of aliphatic hydroxyl groups is 1. The molecule has 10 nitrogen and oxygen atoms in total. The van der Waals surface area contributed by atoms with Crippen molar-refractivity contribution in [2.24, 2.45) is 0 Å². The van der Waals surface area contributed by atoms with E-state index in [4.69, 9.17) is 16.9 Å². The van der Waals surface area contributed by atoms with E-state index in [1.165, 1.54) is 12.1 Å². The van der Waals surface area contributed by atoms with Gasteiger partial charge in [0.05, 0.1) is 27.8 Å². The summed E-state index contributed by atoms with van der Waals surface area (Å²) in [6.07, 6.45) is 6.64. The van der Waals surface area contributed by atoms with Crippen molar-refractivity contribution in [1.82, 2.24) is 14.5 Å². The van der Waals surface area contributed by atoms with Gasteiger partial charge in [-0.15, -0.1) is 0 Å². The molecule has 1 aliphatic carbocycles. The maximum Gasteiger partial charge on any atom is 0.372 e. The number of nitrogens with one attached hydrogen (secondary N) is 1. The first-order chi connectivity index (χ1) is 21.2. The topological polar surface area (TPSA) is 144 Å². The molecule has 0 amide bonds. The molecule has 6 rings (SSSR count). The van der Waals surface area contributed by atoms with Crippen molar-refractivity contribution < 1.29 is 28.5 Å². The van der Waals surface area contributed by atoms with Gasteiger partial charge in [-0.1, -0.05) is 54.1 Å². The van der Waals surface area contributed by atoms with Crippen LogP contribution < -0.4 is 5.32 Å². The first-order valence-electron chi connectivity index (χ1n) is 14.0. The maximum absolute atomic E-state index is 13.2. The number of aromatic nitrogens is 3. The molecule has 44 heavy (non-hydrogen) atoms. The molecule has 3 aromatic carbocycles. The van der Waals surface area contributed by atoms with Gasteiger partial charge in [0.25, 0.3) is 0 Å². The van der Waals surface area contributed by atoms with Crippen LogP contribution in [0.25, 0.3) is 16.7 Å². The maximum atomic E-state index is 13.2. The molecule has 0 bridgehead atoms. The quantitative estimate of drug-likeness (QED) is 0.143. The Labute approximate surface area is 259 Å². The van der Waals surface area contributed by atoms with E-state index in [0.717, 1.165) is 36.8 Å². The molecule has 1 aliphatic rings. The molecule has 12 heteroatoms. The molecule has 2 aromatic heterocycles. The Morgan fingerprint density at radius 3 is 2.45 bits per heavy atom. The van der Waals surface area contributed by atoms with Crippen LogP contribution in [0.2, 0.25) is 5.02 Å². The highest BCUT2D eigenvalue weighted by Gasteiger charge is 2.22. The van der Waals surface area contributed by atoms with Gasteiger partial charge in [-0.3, -0.25) is 4.89 Å². The molecule has 5 aromatic rings. The Hall–Kier alpha value is -4.29. The second kappa shape index (κ2) is 14.0. The molecule has 1 saturated carbocycles. The number of aliphatic hydroxyl groups excluding tert-OH is 1. The summed E-state index contributed by atoms with van der Waals surface area (Å²) in [5.74, 6) is 0.336. The number of hydrogen-bond acceptors (Lipinski definition) is 9. The van der Waals surface area contributed by atoms with Crippen molar-refractivity contribution in [2.45, 2.75) is 48.5 Å². The fourth-order valence-corrected chi connectivity index (χ4v) is 6.88. The summed E-state index contributed by atoms with van der Waals surface area (Å²) < 4.78 is 28.3. The molecule has 0 atom stereocenters. The molecule has 0 radical (unpaired) electrons. The first-order valence-corrected chi connectivity index (χ1v) is 16.0. The fraction of sp³-hybridized carbons (Fsp3) is 0.219. The lowest BCUT2D eigenvalue weighted by molar-refractivity contribution is -0.182. The van der Waals surface area contributed by atoms with E-state index in [1.807, 2.05) is 53.2 Å². The number of halogens is 1. The molecule has 228 valence electrons. The minimum absolute atomic E-state index is 0.0458. The number of sulfone groups is 1. The fourth-order valence-electron chi connectivity index (χ4n) is 5.11. The molecule has 2 heterocycles. The van der Waals surface area contributed by atoms with E-state index in [1.54, 1.807) is 36.5 Å². The van der Waals surface area contributed by atoms with Crippen LogP contribution in [-0.2, 0) is 20.5 Å². The Bertz CT molecular complexity index is 1840. The van der Waals surface area contributed by atoms with Gasteiger partial charge in [0.1, 0.15) is 5.82 Å². The zero-order chi connectivity index (χ0) is 31.1. The summed E-state index contributed by atoms with van der Waals surface area (Å²) in [6.45, 7) is 0. The van der Waals surface area contributed by atoms with Crippen LogP contribution in [0, 0.1) is 0 Å². The smallest absolute Gasteiger partial charge is 0.372 e. The average Bonchev–Trinajstić information content (AvgIpc) is 3.47. The Morgan fingerprint density at radius 2 is 1.73 bits per heavy atom. The van der Waals surface area contributed by atoms with Crippen molar-refractivity contribution in [3.63, 3.8) is 0 Å². The number of carbonyl (C=O) groups excluding carboxylic acids is 1. The van der Waals surface area contributed by atoms with Crippen molar-refractivity contribution in [3.8, 4) is 5.82 Å². The van der Waals surface area contributed by atoms with Gasteiger partial charge >= 0.3 is 5.97 Å². The van der Waals surface area contributed by atoms with E-state index in [9.17, 15) is 18.3 Å². The highest BCUT2D eigenvalue weighted by atomic mass is 35.5. The zero-order valence-corrected chi connectivity index (χ0v) is 25.2. The number of nitrogens with zero attached hydrogens (tertiary/aromatic N) is 3. The lowest BCUT2D eigenvalue weighted by Crippen LogP contribution is -2.29. The molecule has 0 unspecified atom stereocenters. The summed E-state index contributed by atoms with van der Waals surface area (Å²) in [6, 6.07) is 24.5. The predicted molar refractivity (Wildman–Crippen MR) is 168 cm³/mol. The summed E-state index contributed by atoms with van der Waals surface area (Å²) in [5, 5.41) is 22.2. The van der Waals surface area contributed by atoms with Crippen LogP contribution in [0.3, 0.4) is 0 Å². The van der Waals surface area contributed by atoms with Gasteiger partial charge in [-0.2, -0.15) is 10.2 Å². The van der Waals surface area contributed by atoms with Crippen LogP contribution in [0.4, 0.5) is 5.95 Å². The molecule has 3 N–H and O–H groups in total. The monoisotopic (exact) mass is 634 g/mol. The third-order valence-electron chi connectivity index (χ3n) is 7.29. The second-order valence-corrected chi connectivity index (χ2v) is 12.8. The van der Waals surface area contributed by atoms with Gasteiger partial charge in [-0.05, 0) is 73.7 Å². The minimum Gasteiger partial charge on any atom is -0.393 e. The molecule has 0 saturated heterocycles. The van der Waals surface area contributed by atoms with E-state index >= 15 is 0 Å². The van der Waals surface area contributed by atoms with Gasteiger partial charge in [-0.25, -0.2) is 18.2 Å².